The smallest absolute Gasteiger partial charge is 0.228 e. The van der Waals surface area contributed by atoms with E-state index in [1.54, 1.807) is 4.90 Å². The van der Waals surface area contributed by atoms with Crippen molar-refractivity contribution in [3.05, 3.63) is 33.8 Å². The van der Waals surface area contributed by atoms with Crippen LogP contribution in [0, 0.1) is 12.8 Å². The molecule has 19 heavy (non-hydrogen) atoms. The van der Waals surface area contributed by atoms with Gasteiger partial charge in [-0.2, -0.15) is 0 Å². The number of anilines is 1. The topological polar surface area (TPSA) is 82.0 Å². The second-order valence-electron chi connectivity index (χ2n) is 4.78. The van der Waals surface area contributed by atoms with Gasteiger partial charge in [0.15, 0.2) is 0 Å². The number of pyridine rings is 1. The summed E-state index contributed by atoms with van der Waals surface area (Å²) in [5.74, 6) is 0.914. The molecule has 0 aromatic carbocycles. The van der Waals surface area contributed by atoms with Crippen LogP contribution in [0.3, 0.4) is 0 Å². The fourth-order valence-electron chi connectivity index (χ4n) is 2.34. The quantitative estimate of drug-likeness (QED) is 0.473. The van der Waals surface area contributed by atoms with Crippen LogP contribution >= 0.6 is 0 Å². The lowest BCUT2D eigenvalue weighted by Gasteiger charge is -2.19. The van der Waals surface area contributed by atoms with Gasteiger partial charge in [0.25, 0.3) is 0 Å². The lowest BCUT2D eigenvalue weighted by atomic mass is 10.1. The van der Waals surface area contributed by atoms with Gasteiger partial charge in [0.05, 0.1) is 0 Å². The fourth-order valence-corrected chi connectivity index (χ4v) is 2.34. The number of carbonyl (C=O) groups is 1. The number of azide groups is 1. The Hall–Kier alpha value is -2.07. The van der Waals surface area contributed by atoms with Crippen molar-refractivity contribution in [1.29, 1.82) is 0 Å². The van der Waals surface area contributed by atoms with E-state index in [0.29, 0.717) is 19.5 Å². The highest BCUT2D eigenvalue weighted by molar-refractivity contribution is 5.95. The molecule has 0 spiro atoms. The van der Waals surface area contributed by atoms with Crippen molar-refractivity contribution in [2.24, 2.45) is 11.0 Å². The van der Waals surface area contributed by atoms with Crippen molar-refractivity contribution < 1.29 is 4.79 Å². The minimum atomic E-state index is 0.0611. The SMILES string of the molecule is CCc1ccc(C)nc1N1CC(CN=[N+]=[N-])CC1=O. The zero-order chi connectivity index (χ0) is 13.8. The van der Waals surface area contributed by atoms with E-state index < -0.39 is 0 Å². The monoisotopic (exact) mass is 259 g/mol. The van der Waals surface area contributed by atoms with E-state index in [2.05, 4.69) is 15.0 Å². The maximum atomic E-state index is 12.1. The van der Waals surface area contributed by atoms with Gasteiger partial charge in [-0.1, -0.05) is 18.1 Å². The number of carbonyl (C=O) groups excluding carboxylic acids is 1. The standard InChI is InChI=1S/C13H17N5O/c1-3-11-5-4-9(2)16-13(11)18-8-10(6-12(18)19)7-15-17-14/h4-5,10H,3,6-8H2,1-2H3. The van der Waals surface area contributed by atoms with Gasteiger partial charge < -0.3 is 0 Å². The highest BCUT2D eigenvalue weighted by Gasteiger charge is 2.31. The van der Waals surface area contributed by atoms with Crippen LogP contribution in [-0.2, 0) is 11.2 Å². The van der Waals surface area contributed by atoms with Gasteiger partial charge >= 0.3 is 0 Å². The van der Waals surface area contributed by atoms with Crippen LogP contribution in [0.15, 0.2) is 17.2 Å². The van der Waals surface area contributed by atoms with E-state index in [4.69, 9.17) is 5.53 Å². The van der Waals surface area contributed by atoms with Crippen LogP contribution in [0.5, 0.6) is 0 Å². The maximum absolute atomic E-state index is 12.1. The van der Waals surface area contributed by atoms with Gasteiger partial charge in [-0.25, -0.2) is 4.98 Å². The van der Waals surface area contributed by atoms with E-state index in [1.165, 1.54) is 0 Å². The second kappa shape index (κ2) is 5.71. The van der Waals surface area contributed by atoms with Gasteiger partial charge in [-0.15, -0.1) is 0 Å². The molecule has 1 aromatic rings. The molecule has 6 heteroatoms. The molecule has 1 fully saturated rings. The molecular weight excluding hydrogens is 242 g/mol. The number of hydrogen-bond acceptors (Lipinski definition) is 3. The normalized spacial score (nSPS) is 18.5. The minimum Gasteiger partial charge on any atom is -0.296 e. The Morgan fingerprint density at radius 3 is 3.05 bits per heavy atom. The Morgan fingerprint density at radius 1 is 1.58 bits per heavy atom. The lowest BCUT2D eigenvalue weighted by Crippen LogP contribution is -2.27. The van der Waals surface area contributed by atoms with Crippen LogP contribution in [0.25, 0.3) is 10.4 Å². The highest BCUT2D eigenvalue weighted by atomic mass is 16.2. The third-order valence-electron chi connectivity index (χ3n) is 3.34. The van der Waals surface area contributed by atoms with Crippen molar-refractivity contribution in [2.75, 3.05) is 18.0 Å². The van der Waals surface area contributed by atoms with E-state index >= 15 is 0 Å². The van der Waals surface area contributed by atoms with Crippen LogP contribution in [0.4, 0.5) is 5.82 Å². The van der Waals surface area contributed by atoms with E-state index in [9.17, 15) is 4.79 Å². The van der Waals surface area contributed by atoms with Crippen LogP contribution in [-0.4, -0.2) is 24.0 Å². The molecule has 2 heterocycles. The van der Waals surface area contributed by atoms with E-state index in [-0.39, 0.29) is 11.8 Å². The van der Waals surface area contributed by atoms with Crippen molar-refractivity contribution in [1.82, 2.24) is 4.98 Å². The number of aryl methyl sites for hydroxylation is 2. The molecule has 0 saturated carbocycles. The van der Waals surface area contributed by atoms with Crippen LogP contribution < -0.4 is 4.90 Å². The Bertz CT molecular complexity index is 536. The second-order valence-corrected chi connectivity index (χ2v) is 4.78. The van der Waals surface area contributed by atoms with Crippen LogP contribution in [0.2, 0.25) is 0 Å². The Kier molecular flexibility index (Phi) is 4.02. The average molecular weight is 259 g/mol. The molecule has 0 bridgehead atoms. The summed E-state index contributed by atoms with van der Waals surface area (Å²) in [5, 5.41) is 3.56. The summed E-state index contributed by atoms with van der Waals surface area (Å²) >= 11 is 0. The summed E-state index contributed by atoms with van der Waals surface area (Å²) in [6.45, 7) is 4.92. The first-order valence-corrected chi connectivity index (χ1v) is 6.43. The molecule has 1 aromatic heterocycles. The maximum Gasteiger partial charge on any atom is 0.228 e. The summed E-state index contributed by atoms with van der Waals surface area (Å²) in [6, 6.07) is 3.98. The molecule has 1 atom stereocenters. The summed E-state index contributed by atoms with van der Waals surface area (Å²) < 4.78 is 0. The molecule has 100 valence electrons. The molecule has 2 rings (SSSR count). The van der Waals surface area contributed by atoms with E-state index in [1.807, 2.05) is 26.0 Å². The first-order valence-electron chi connectivity index (χ1n) is 6.43. The number of aromatic nitrogens is 1. The van der Waals surface area contributed by atoms with Crippen molar-refractivity contribution in [3.63, 3.8) is 0 Å². The van der Waals surface area contributed by atoms with Gasteiger partial charge in [-0.05, 0) is 36.4 Å². The molecule has 1 amide bonds. The van der Waals surface area contributed by atoms with Gasteiger partial charge in [0, 0.05) is 30.1 Å². The number of amides is 1. The third-order valence-corrected chi connectivity index (χ3v) is 3.34. The zero-order valence-corrected chi connectivity index (χ0v) is 11.2. The Morgan fingerprint density at radius 2 is 2.37 bits per heavy atom. The summed E-state index contributed by atoms with van der Waals surface area (Å²) in [7, 11) is 0. The van der Waals surface area contributed by atoms with Crippen molar-refractivity contribution in [3.8, 4) is 0 Å². The van der Waals surface area contributed by atoms with Crippen molar-refractivity contribution in [2.45, 2.75) is 26.7 Å². The third kappa shape index (κ3) is 2.85. The Balaban J connectivity index is 2.24. The molecule has 1 unspecified atom stereocenters. The molecule has 0 N–H and O–H groups in total. The lowest BCUT2D eigenvalue weighted by molar-refractivity contribution is -0.117. The predicted molar refractivity (Wildman–Crippen MR) is 72.8 cm³/mol. The number of hydrogen-bond donors (Lipinski definition) is 0. The molecule has 0 aliphatic carbocycles. The molecule has 1 aliphatic rings. The molecule has 1 aliphatic heterocycles. The predicted octanol–water partition coefficient (Wildman–Crippen LogP) is 2.62. The largest absolute Gasteiger partial charge is 0.296 e. The van der Waals surface area contributed by atoms with Crippen LogP contribution in [0.1, 0.15) is 24.6 Å². The van der Waals surface area contributed by atoms with Gasteiger partial charge in [-0.3, -0.25) is 9.69 Å². The van der Waals surface area contributed by atoms with Gasteiger partial charge in [0.2, 0.25) is 5.91 Å². The number of rotatable bonds is 4. The van der Waals surface area contributed by atoms with Crippen molar-refractivity contribution >= 4 is 11.7 Å². The highest BCUT2D eigenvalue weighted by Crippen LogP contribution is 2.27. The first kappa shape index (κ1) is 13.4. The first-order chi connectivity index (χ1) is 9.15. The van der Waals surface area contributed by atoms with E-state index in [0.717, 1.165) is 23.5 Å². The minimum absolute atomic E-state index is 0.0611. The average Bonchev–Trinajstić information content (AvgIpc) is 2.77. The fraction of sp³-hybridized carbons (Fsp3) is 0.538. The summed E-state index contributed by atoms with van der Waals surface area (Å²) in [5.41, 5.74) is 10.3. The molecular formula is C13H17N5O. The molecule has 0 radical (unpaired) electrons. The molecule has 6 nitrogen and oxygen atoms in total. The van der Waals surface area contributed by atoms with Gasteiger partial charge in [0.1, 0.15) is 5.82 Å². The Labute approximate surface area is 112 Å². The summed E-state index contributed by atoms with van der Waals surface area (Å²) in [4.78, 5) is 21.0. The summed E-state index contributed by atoms with van der Waals surface area (Å²) in [6.07, 6.45) is 1.27. The molecule has 1 saturated heterocycles. The number of nitrogens with zero attached hydrogens (tertiary/aromatic N) is 5. The zero-order valence-electron chi connectivity index (χ0n) is 11.2.